The third kappa shape index (κ3) is 4.48. The van der Waals surface area contributed by atoms with Gasteiger partial charge in [0.1, 0.15) is 0 Å². The summed E-state index contributed by atoms with van der Waals surface area (Å²) in [4.78, 5) is 0. The smallest absolute Gasteiger partial charge is 0.271 e. The quantitative estimate of drug-likeness (QED) is 0.634. The van der Waals surface area contributed by atoms with Crippen LogP contribution >= 0.6 is 11.6 Å². The molecule has 1 atom stereocenters. The van der Waals surface area contributed by atoms with Crippen LogP contribution in [0.2, 0.25) is 5.02 Å². The molecule has 0 aliphatic rings. The summed E-state index contributed by atoms with van der Waals surface area (Å²) in [6.45, 7) is 1.84. The Morgan fingerprint density at radius 3 is 2.61 bits per heavy atom. The van der Waals surface area contributed by atoms with Crippen LogP contribution in [-0.2, 0) is 0 Å². The van der Waals surface area contributed by atoms with Crippen molar-refractivity contribution in [2.45, 2.75) is 38.4 Å². The van der Waals surface area contributed by atoms with E-state index >= 15 is 0 Å². The van der Waals surface area contributed by atoms with E-state index in [0.29, 0.717) is 11.4 Å². The molecule has 0 fully saturated rings. The molecule has 0 amide bonds. The summed E-state index contributed by atoms with van der Waals surface area (Å²) in [7, 11) is 0. The molecule has 2 nitrogen and oxygen atoms in total. The van der Waals surface area contributed by atoms with Crippen molar-refractivity contribution in [3.63, 3.8) is 0 Å². The van der Waals surface area contributed by atoms with Crippen LogP contribution in [0.1, 0.15) is 36.4 Å². The average molecular weight is 281 g/mol. The second-order valence-electron chi connectivity index (χ2n) is 4.20. The van der Waals surface area contributed by atoms with Gasteiger partial charge in [-0.25, -0.2) is 0 Å². The first-order valence-corrected chi connectivity index (χ1v) is 6.01. The number of hydrogen-bond acceptors (Lipinski definition) is 2. The Bertz CT molecular complexity index is 393. The van der Waals surface area contributed by atoms with Crippen LogP contribution < -0.4 is 11.3 Å². The molecule has 3 N–H and O–H groups in total. The van der Waals surface area contributed by atoms with Gasteiger partial charge >= 0.3 is 6.18 Å². The number of hydrazine groups is 1. The zero-order valence-electron chi connectivity index (χ0n) is 10.0. The van der Waals surface area contributed by atoms with E-state index in [1.54, 1.807) is 6.07 Å². The summed E-state index contributed by atoms with van der Waals surface area (Å²) < 4.78 is 36.2. The van der Waals surface area contributed by atoms with Crippen LogP contribution in [0.3, 0.4) is 0 Å². The van der Waals surface area contributed by atoms with E-state index in [0.717, 1.165) is 11.1 Å². The van der Waals surface area contributed by atoms with Gasteiger partial charge in [-0.2, -0.15) is 13.2 Å². The van der Waals surface area contributed by atoms with Crippen molar-refractivity contribution in [2.75, 3.05) is 0 Å². The van der Waals surface area contributed by atoms with Crippen LogP contribution in [0, 0.1) is 6.92 Å². The van der Waals surface area contributed by atoms with E-state index in [9.17, 15) is 13.2 Å². The molecule has 18 heavy (non-hydrogen) atoms. The molecule has 0 heterocycles. The second-order valence-corrected chi connectivity index (χ2v) is 4.58. The maximum Gasteiger partial charge on any atom is 0.389 e. The molecule has 1 aromatic carbocycles. The molecule has 0 aromatic heterocycles. The molecule has 0 bridgehead atoms. The molecule has 0 radical (unpaired) electrons. The summed E-state index contributed by atoms with van der Waals surface area (Å²) in [6, 6.07) is 5.06. The molecule has 6 heteroatoms. The maximum atomic E-state index is 12.1. The fraction of sp³-hybridized carbons (Fsp3) is 0.500. The zero-order valence-corrected chi connectivity index (χ0v) is 10.8. The maximum absolute atomic E-state index is 12.1. The third-order valence-electron chi connectivity index (χ3n) is 2.75. The van der Waals surface area contributed by atoms with Crippen molar-refractivity contribution in [2.24, 2.45) is 5.84 Å². The van der Waals surface area contributed by atoms with Crippen molar-refractivity contribution in [3.8, 4) is 0 Å². The minimum atomic E-state index is -4.13. The number of halogens is 4. The minimum absolute atomic E-state index is 0.0165. The van der Waals surface area contributed by atoms with E-state index in [2.05, 4.69) is 5.43 Å². The highest BCUT2D eigenvalue weighted by Crippen LogP contribution is 2.30. The summed E-state index contributed by atoms with van der Waals surface area (Å²) >= 11 is 6.12. The fourth-order valence-electron chi connectivity index (χ4n) is 1.77. The number of benzene rings is 1. The first-order chi connectivity index (χ1) is 8.35. The van der Waals surface area contributed by atoms with Crippen LogP contribution in [-0.4, -0.2) is 6.18 Å². The minimum Gasteiger partial charge on any atom is -0.271 e. The molecule has 1 rings (SSSR count). The van der Waals surface area contributed by atoms with Crippen LogP contribution in [0.5, 0.6) is 0 Å². The Balaban J connectivity index is 2.69. The highest BCUT2D eigenvalue weighted by atomic mass is 35.5. The monoisotopic (exact) mass is 280 g/mol. The predicted octanol–water partition coefficient (Wildman–Crippen LogP) is 3.89. The number of nitrogens with one attached hydrogen (secondary N) is 1. The molecule has 0 aliphatic heterocycles. The molecule has 102 valence electrons. The molecule has 1 aromatic rings. The van der Waals surface area contributed by atoms with E-state index in [4.69, 9.17) is 17.4 Å². The highest BCUT2D eigenvalue weighted by Gasteiger charge is 2.27. The van der Waals surface area contributed by atoms with E-state index in [1.165, 1.54) is 0 Å². The number of alkyl halides is 3. The first-order valence-electron chi connectivity index (χ1n) is 5.63. The Hall–Kier alpha value is -0.780. The number of hydrogen-bond donors (Lipinski definition) is 2. The van der Waals surface area contributed by atoms with Gasteiger partial charge in [0, 0.05) is 17.5 Å². The largest absolute Gasteiger partial charge is 0.389 e. The lowest BCUT2D eigenvalue weighted by Gasteiger charge is -2.19. The molecule has 0 spiro atoms. The van der Waals surface area contributed by atoms with Crippen molar-refractivity contribution < 1.29 is 13.2 Å². The van der Waals surface area contributed by atoms with Crippen molar-refractivity contribution in [1.29, 1.82) is 0 Å². The van der Waals surface area contributed by atoms with Crippen molar-refractivity contribution >= 4 is 11.6 Å². The van der Waals surface area contributed by atoms with E-state index in [-0.39, 0.29) is 12.5 Å². The highest BCUT2D eigenvalue weighted by molar-refractivity contribution is 6.32. The Morgan fingerprint density at radius 1 is 1.39 bits per heavy atom. The fourth-order valence-corrected chi connectivity index (χ4v) is 2.03. The number of aryl methyl sites for hydroxylation is 1. The molecule has 0 saturated heterocycles. The van der Waals surface area contributed by atoms with Crippen LogP contribution in [0.4, 0.5) is 13.2 Å². The lowest BCUT2D eigenvalue weighted by molar-refractivity contribution is -0.135. The number of rotatable bonds is 5. The molecule has 0 aliphatic carbocycles. The molecule has 0 saturated carbocycles. The molecule has 1 unspecified atom stereocenters. The lowest BCUT2D eigenvalue weighted by Crippen LogP contribution is -2.28. The average Bonchev–Trinajstić information content (AvgIpc) is 2.27. The first kappa shape index (κ1) is 15.3. The van der Waals surface area contributed by atoms with Gasteiger partial charge in [-0.05, 0) is 30.9 Å². The Kier molecular flexibility index (Phi) is 5.44. The van der Waals surface area contributed by atoms with Gasteiger partial charge in [-0.15, -0.1) is 0 Å². The zero-order chi connectivity index (χ0) is 13.8. The molecular weight excluding hydrogens is 265 g/mol. The van der Waals surface area contributed by atoms with Gasteiger partial charge in [0.15, 0.2) is 0 Å². The van der Waals surface area contributed by atoms with Crippen molar-refractivity contribution in [3.05, 3.63) is 34.3 Å². The topological polar surface area (TPSA) is 38.0 Å². The van der Waals surface area contributed by atoms with Gasteiger partial charge in [0.25, 0.3) is 0 Å². The Morgan fingerprint density at radius 2 is 2.06 bits per heavy atom. The summed E-state index contributed by atoms with van der Waals surface area (Å²) in [5.74, 6) is 5.38. The predicted molar refractivity (Wildman–Crippen MR) is 66.2 cm³/mol. The lowest BCUT2D eigenvalue weighted by atomic mass is 9.99. The normalized spacial score (nSPS) is 13.7. The van der Waals surface area contributed by atoms with Gasteiger partial charge in [0.05, 0.1) is 0 Å². The number of nitrogens with two attached hydrogens (primary N) is 1. The standard InChI is InChI=1S/C12H16ClF3N2/c1-8-4-2-5-9(11(8)13)10(18-17)6-3-7-12(14,15)16/h2,4-5,10,18H,3,6-7,17H2,1H3. The SMILES string of the molecule is Cc1cccc(C(CCCC(F)(F)F)NN)c1Cl. The summed E-state index contributed by atoms with van der Waals surface area (Å²) in [5.41, 5.74) is 4.14. The van der Waals surface area contributed by atoms with Crippen LogP contribution in [0.25, 0.3) is 0 Å². The third-order valence-corrected chi connectivity index (χ3v) is 3.27. The van der Waals surface area contributed by atoms with Gasteiger partial charge in [-0.1, -0.05) is 29.8 Å². The van der Waals surface area contributed by atoms with Gasteiger partial charge in [-0.3, -0.25) is 11.3 Å². The summed E-state index contributed by atoms with van der Waals surface area (Å²) in [6.07, 6.45) is -4.63. The van der Waals surface area contributed by atoms with E-state index in [1.807, 2.05) is 19.1 Å². The van der Waals surface area contributed by atoms with Gasteiger partial charge < -0.3 is 0 Å². The molecular formula is C12H16ClF3N2. The Labute approximate surface area is 109 Å². The van der Waals surface area contributed by atoms with Crippen molar-refractivity contribution in [1.82, 2.24) is 5.43 Å². The second kappa shape index (κ2) is 6.41. The summed E-state index contributed by atoms with van der Waals surface area (Å²) in [5, 5.41) is 0.549. The van der Waals surface area contributed by atoms with E-state index < -0.39 is 12.6 Å². The van der Waals surface area contributed by atoms with Crippen LogP contribution in [0.15, 0.2) is 18.2 Å². The van der Waals surface area contributed by atoms with Gasteiger partial charge in [0.2, 0.25) is 0 Å².